The van der Waals surface area contributed by atoms with Gasteiger partial charge in [0.25, 0.3) is 0 Å². The van der Waals surface area contributed by atoms with Crippen molar-refractivity contribution in [3.05, 3.63) is 0 Å². The van der Waals surface area contributed by atoms with Gasteiger partial charge < -0.3 is 19.7 Å². The summed E-state index contributed by atoms with van der Waals surface area (Å²) in [5, 5.41) is 3.50. The number of nitrogens with zero attached hydrogens (tertiary/aromatic N) is 3. The van der Waals surface area contributed by atoms with Gasteiger partial charge in [-0.2, -0.15) is 0 Å². The summed E-state index contributed by atoms with van der Waals surface area (Å²) in [6.07, 6.45) is 6.68. The summed E-state index contributed by atoms with van der Waals surface area (Å²) in [6, 6.07) is 0.599. The fourth-order valence-electron chi connectivity index (χ4n) is 4.29. The maximum atomic E-state index is 5.99. The first kappa shape index (κ1) is 22.2. The van der Waals surface area contributed by atoms with E-state index in [4.69, 9.17) is 14.5 Å². The lowest BCUT2D eigenvalue weighted by atomic mass is 10.0. The molecule has 7 heteroatoms. The third kappa shape index (κ3) is 5.94. The van der Waals surface area contributed by atoms with E-state index in [0.717, 1.165) is 64.7 Å². The Morgan fingerprint density at radius 1 is 1.04 bits per heavy atom. The molecule has 3 fully saturated rings. The molecule has 3 aliphatic rings. The van der Waals surface area contributed by atoms with Crippen LogP contribution in [0.3, 0.4) is 0 Å². The van der Waals surface area contributed by atoms with Crippen molar-refractivity contribution in [2.24, 2.45) is 4.99 Å². The van der Waals surface area contributed by atoms with E-state index in [2.05, 4.69) is 29.0 Å². The molecule has 0 aromatic carbocycles. The van der Waals surface area contributed by atoms with E-state index in [1.807, 2.05) is 0 Å². The Kier molecular flexibility index (Phi) is 9.94. The highest BCUT2D eigenvalue weighted by Crippen LogP contribution is 2.21. The van der Waals surface area contributed by atoms with Crippen molar-refractivity contribution >= 4 is 29.9 Å². The molecule has 152 valence electrons. The third-order valence-electron chi connectivity index (χ3n) is 5.71. The van der Waals surface area contributed by atoms with Gasteiger partial charge in [0.2, 0.25) is 0 Å². The topological polar surface area (TPSA) is 49.3 Å². The van der Waals surface area contributed by atoms with Gasteiger partial charge in [0, 0.05) is 32.3 Å². The largest absolute Gasteiger partial charge is 0.375 e. The number of hydrogen-bond donors (Lipinski definition) is 1. The van der Waals surface area contributed by atoms with E-state index in [1.54, 1.807) is 0 Å². The van der Waals surface area contributed by atoms with Gasteiger partial charge in [-0.15, -0.1) is 24.0 Å². The molecule has 6 nitrogen and oxygen atoms in total. The molecule has 0 radical (unpaired) electrons. The first-order valence-electron chi connectivity index (χ1n) is 10.3. The number of likely N-dealkylation sites (N-methyl/N-ethyl adjacent to an activating group) is 1. The summed E-state index contributed by atoms with van der Waals surface area (Å²) in [4.78, 5) is 9.98. The van der Waals surface area contributed by atoms with Gasteiger partial charge in [0.1, 0.15) is 6.10 Å². The van der Waals surface area contributed by atoms with Crippen molar-refractivity contribution in [2.45, 2.75) is 64.2 Å². The van der Waals surface area contributed by atoms with Crippen LogP contribution in [0.25, 0.3) is 0 Å². The number of aliphatic imine (C=N–C) groups is 1. The zero-order valence-corrected chi connectivity index (χ0v) is 18.8. The molecule has 3 unspecified atom stereocenters. The molecule has 3 aliphatic heterocycles. The Hall–Kier alpha value is -0.120. The Morgan fingerprint density at radius 2 is 1.88 bits per heavy atom. The molecule has 3 rings (SSSR count). The van der Waals surface area contributed by atoms with Crippen molar-refractivity contribution < 1.29 is 9.47 Å². The molecule has 0 aliphatic carbocycles. The predicted octanol–water partition coefficient (Wildman–Crippen LogP) is 2.32. The van der Waals surface area contributed by atoms with Crippen LogP contribution in [-0.2, 0) is 9.47 Å². The van der Waals surface area contributed by atoms with Crippen LogP contribution in [0.15, 0.2) is 4.99 Å². The van der Waals surface area contributed by atoms with E-state index in [-0.39, 0.29) is 36.2 Å². The number of likely N-dealkylation sites (tertiary alicyclic amines) is 1. The molecule has 3 atom stereocenters. The van der Waals surface area contributed by atoms with Crippen LogP contribution >= 0.6 is 24.0 Å². The van der Waals surface area contributed by atoms with Crippen LogP contribution in [0, 0.1) is 0 Å². The molecule has 0 saturated carbocycles. The lowest BCUT2D eigenvalue weighted by Gasteiger charge is -2.38. The van der Waals surface area contributed by atoms with E-state index in [9.17, 15) is 0 Å². The minimum Gasteiger partial charge on any atom is -0.375 e. The molecular formula is C19H37IN4O2. The van der Waals surface area contributed by atoms with Gasteiger partial charge in [0.15, 0.2) is 5.96 Å². The highest BCUT2D eigenvalue weighted by Gasteiger charge is 2.32. The number of hydrogen-bond acceptors (Lipinski definition) is 4. The average molecular weight is 480 g/mol. The monoisotopic (exact) mass is 480 g/mol. The fourth-order valence-corrected chi connectivity index (χ4v) is 4.29. The van der Waals surface area contributed by atoms with Crippen molar-refractivity contribution in [1.82, 2.24) is 15.1 Å². The average Bonchev–Trinajstić information content (AvgIpc) is 3.20. The van der Waals surface area contributed by atoms with Gasteiger partial charge in [-0.3, -0.25) is 9.89 Å². The third-order valence-corrected chi connectivity index (χ3v) is 5.71. The van der Waals surface area contributed by atoms with Gasteiger partial charge >= 0.3 is 0 Å². The molecule has 0 bridgehead atoms. The Bertz CT molecular complexity index is 432. The fraction of sp³-hybridized carbons (Fsp3) is 0.947. The van der Waals surface area contributed by atoms with Gasteiger partial charge in [-0.25, -0.2) is 0 Å². The van der Waals surface area contributed by atoms with E-state index < -0.39 is 0 Å². The molecule has 3 heterocycles. The van der Waals surface area contributed by atoms with Crippen LogP contribution < -0.4 is 5.32 Å². The van der Waals surface area contributed by atoms with Crippen molar-refractivity contribution in [2.75, 3.05) is 52.5 Å². The number of halogens is 1. The van der Waals surface area contributed by atoms with E-state index >= 15 is 0 Å². The highest BCUT2D eigenvalue weighted by atomic mass is 127. The molecule has 0 amide bonds. The Labute approximate surface area is 176 Å². The van der Waals surface area contributed by atoms with Crippen LogP contribution in [0.5, 0.6) is 0 Å². The molecular weight excluding hydrogens is 443 g/mol. The Morgan fingerprint density at radius 3 is 2.62 bits per heavy atom. The standard InChI is InChI=1S/C19H36N4O2.HI/c1-3-20-19(21-14-16-8-5-6-10-22(16)4-2)23-11-13-25-18(15-23)17-9-7-12-24-17;/h16-18H,3-15H2,1-2H3,(H,20,21);1H. The normalized spacial score (nSPS) is 30.9. The predicted molar refractivity (Wildman–Crippen MR) is 117 cm³/mol. The highest BCUT2D eigenvalue weighted by molar-refractivity contribution is 14.0. The summed E-state index contributed by atoms with van der Waals surface area (Å²) in [6.45, 7) is 12.0. The summed E-state index contributed by atoms with van der Waals surface area (Å²) < 4.78 is 11.8. The van der Waals surface area contributed by atoms with Crippen LogP contribution in [0.1, 0.15) is 46.0 Å². The second kappa shape index (κ2) is 11.7. The first-order valence-corrected chi connectivity index (χ1v) is 10.3. The lowest BCUT2D eigenvalue weighted by molar-refractivity contribution is -0.0817. The summed E-state index contributed by atoms with van der Waals surface area (Å²) in [7, 11) is 0. The zero-order valence-electron chi connectivity index (χ0n) is 16.5. The molecule has 26 heavy (non-hydrogen) atoms. The lowest BCUT2D eigenvalue weighted by Crippen LogP contribution is -2.53. The van der Waals surface area contributed by atoms with Crippen molar-refractivity contribution in [3.8, 4) is 0 Å². The number of guanidine groups is 1. The van der Waals surface area contributed by atoms with Crippen LogP contribution in [0.2, 0.25) is 0 Å². The van der Waals surface area contributed by atoms with Crippen molar-refractivity contribution in [3.63, 3.8) is 0 Å². The second-order valence-corrected chi connectivity index (χ2v) is 7.38. The molecule has 0 aromatic rings. The zero-order chi connectivity index (χ0) is 17.5. The number of ether oxygens (including phenoxy) is 2. The summed E-state index contributed by atoms with van der Waals surface area (Å²) >= 11 is 0. The maximum Gasteiger partial charge on any atom is 0.194 e. The Balaban J connectivity index is 0.00000243. The first-order chi connectivity index (χ1) is 12.3. The van der Waals surface area contributed by atoms with E-state index in [0.29, 0.717) is 6.04 Å². The number of rotatable bonds is 5. The minimum absolute atomic E-state index is 0. The van der Waals surface area contributed by atoms with Crippen LogP contribution in [-0.4, -0.2) is 86.5 Å². The number of nitrogens with one attached hydrogen (secondary N) is 1. The molecule has 3 saturated heterocycles. The second-order valence-electron chi connectivity index (χ2n) is 7.38. The molecule has 0 spiro atoms. The van der Waals surface area contributed by atoms with E-state index in [1.165, 1.54) is 25.8 Å². The van der Waals surface area contributed by atoms with Crippen molar-refractivity contribution in [1.29, 1.82) is 0 Å². The minimum atomic E-state index is 0. The summed E-state index contributed by atoms with van der Waals surface area (Å²) in [5.41, 5.74) is 0. The smallest absolute Gasteiger partial charge is 0.194 e. The number of piperidine rings is 1. The SMILES string of the molecule is CCNC(=NCC1CCCCN1CC)N1CCOC(C2CCCO2)C1.I. The molecule has 1 N–H and O–H groups in total. The van der Waals surface area contributed by atoms with Gasteiger partial charge in [-0.05, 0) is 45.7 Å². The maximum absolute atomic E-state index is 5.99. The van der Waals surface area contributed by atoms with Gasteiger partial charge in [0.05, 0.1) is 19.3 Å². The number of morpholine rings is 1. The van der Waals surface area contributed by atoms with Crippen LogP contribution in [0.4, 0.5) is 0 Å². The van der Waals surface area contributed by atoms with Gasteiger partial charge in [-0.1, -0.05) is 13.3 Å². The summed E-state index contributed by atoms with van der Waals surface area (Å²) in [5.74, 6) is 1.05. The molecule has 0 aromatic heterocycles. The quantitative estimate of drug-likeness (QED) is 0.372.